The Morgan fingerprint density at radius 3 is 2.93 bits per heavy atom. The van der Waals surface area contributed by atoms with Crippen LogP contribution in [0.5, 0.6) is 6.01 Å². The minimum absolute atomic E-state index is 0.225. The summed E-state index contributed by atoms with van der Waals surface area (Å²) in [5, 5.41) is 4.36. The van der Waals surface area contributed by atoms with Gasteiger partial charge in [-0.1, -0.05) is 11.6 Å². The summed E-state index contributed by atoms with van der Waals surface area (Å²) in [7, 11) is 1.48. The van der Waals surface area contributed by atoms with Gasteiger partial charge in [0.2, 0.25) is 0 Å². The van der Waals surface area contributed by atoms with Crippen molar-refractivity contribution in [3.63, 3.8) is 0 Å². The Kier molecular flexibility index (Phi) is 2.42. The van der Waals surface area contributed by atoms with E-state index in [4.69, 9.17) is 22.1 Å². The first kappa shape index (κ1) is 9.72. The molecule has 2 aromatic rings. The minimum Gasteiger partial charge on any atom is -0.467 e. The third kappa shape index (κ3) is 1.84. The van der Waals surface area contributed by atoms with Gasteiger partial charge in [0.05, 0.1) is 13.3 Å². The second-order valence-electron chi connectivity index (χ2n) is 2.71. The van der Waals surface area contributed by atoms with Crippen LogP contribution in [0.2, 0.25) is 5.02 Å². The molecule has 0 fully saturated rings. The van der Waals surface area contributed by atoms with Gasteiger partial charge in [-0.25, -0.2) is 9.67 Å². The SMILES string of the molecule is COc1ncc(Cl)c(-n2ccc(N)n2)n1. The number of aromatic nitrogens is 4. The topological polar surface area (TPSA) is 78.9 Å². The van der Waals surface area contributed by atoms with Crippen molar-refractivity contribution in [2.45, 2.75) is 0 Å². The van der Waals surface area contributed by atoms with E-state index in [1.807, 2.05) is 0 Å². The molecular formula is C8H8ClN5O. The molecule has 2 heterocycles. The number of methoxy groups -OCH3 is 1. The summed E-state index contributed by atoms with van der Waals surface area (Å²) in [4.78, 5) is 7.91. The molecule has 0 atom stereocenters. The van der Waals surface area contributed by atoms with E-state index in [1.165, 1.54) is 18.0 Å². The molecule has 0 aliphatic rings. The van der Waals surface area contributed by atoms with Crippen LogP contribution in [0.25, 0.3) is 5.82 Å². The zero-order chi connectivity index (χ0) is 10.8. The molecule has 0 unspecified atom stereocenters. The highest BCUT2D eigenvalue weighted by Gasteiger charge is 2.08. The maximum absolute atomic E-state index is 5.91. The standard InChI is InChI=1S/C8H8ClN5O/c1-15-8-11-4-5(9)7(12-8)14-3-2-6(10)13-14/h2-4H,1H3,(H2,10,13). The number of rotatable bonds is 2. The third-order valence-electron chi connectivity index (χ3n) is 1.71. The molecule has 2 aromatic heterocycles. The van der Waals surface area contributed by atoms with Gasteiger partial charge in [-0.15, -0.1) is 5.10 Å². The van der Waals surface area contributed by atoms with Gasteiger partial charge in [0.15, 0.2) is 5.82 Å². The molecule has 0 bridgehead atoms. The molecule has 0 aliphatic heterocycles. The van der Waals surface area contributed by atoms with Gasteiger partial charge >= 0.3 is 6.01 Å². The fourth-order valence-electron chi connectivity index (χ4n) is 1.06. The Balaban J connectivity index is 2.51. The predicted molar refractivity (Wildman–Crippen MR) is 55.1 cm³/mol. The molecular weight excluding hydrogens is 218 g/mol. The zero-order valence-corrected chi connectivity index (χ0v) is 8.64. The Labute approximate surface area is 90.7 Å². The maximum atomic E-state index is 5.91. The van der Waals surface area contributed by atoms with E-state index in [-0.39, 0.29) is 6.01 Å². The summed E-state index contributed by atoms with van der Waals surface area (Å²) in [6, 6.07) is 1.87. The largest absolute Gasteiger partial charge is 0.467 e. The second kappa shape index (κ2) is 3.74. The Morgan fingerprint density at radius 1 is 1.53 bits per heavy atom. The number of anilines is 1. The zero-order valence-electron chi connectivity index (χ0n) is 7.88. The minimum atomic E-state index is 0.225. The summed E-state index contributed by atoms with van der Waals surface area (Å²) in [5.41, 5.74) is 5.49. The smallest absolute Gasteiger partial charge is 0.318 e. The first-order valence-electron chi connectivity index (χ1n) is 4.09. The van der Waals surface area contributed by atoms with E-state index in [0.29, 0.717) is 16.7 Å². The number of ether oxygens (including phenoxy) is 1. The Hall–Kier alpha value is -1.82. The van der Waals surface area contributed by atoms with E-state index >= 15 is 0 Å². The average molecular weight is 226 g/mol. The van der Waals surface area contributed by atoms with Crippen molar-refractivity contribution in [2.75, 3.05) is 12.8 Å². The van der Waals surface area contributed by atoms with Crippen molar-refractivity contribution in [1.29, 1.82) is 0 Å². The van der Waals surface area contributed by atoms with Crippen molar-refractivity contribution < 1.29 is 4.74 Å². The first-order chi connectivity index (χ1) is 7.20. The van der Waals surface area contributed by atoms with Gasteiger partial charge in [-0.3, -0.25) is 0 Å². The number of hydrogen-bond acceptors (Lipinski definition) is 5. The van der Waals surface area contributed by atoms with E-state index in [9.17, 15) is 0 Å². The highest BCUT2D eigenvalue weighted by molar-refractivity contribution is 6.32. The molecule has 0 aromatic carbocycles. The summed E-state index contributed by atoms with van der Waals surface area (Å²) >= 11 is 5.91. The monoisotopic (exact) mass is 225 g/mol. The van der Waals surface area contributed by atoms with Crippen molar-refractivity contribution in [3.05, 3.63) is 23.5 Å². The molecule has 2 rings (SSSR count). The molecule has 0 spiro atoms. The van der Waals surface area contributed by atoms with Crippen molar-refractivity contribution in [2.24, 2.45) is 0 Å². The number of halogens is 1. The maximum Gasteiger partial charge on any atom is 0.318 e. The molecule has 0 radical (unpaired) electrons. The molecule has 0 amide bonds. The number of nitrogen functional groups attached to an aromatic ring is 1. The molecule has 2 N–H and O–H groups in total. The molecule has 0 saturated carbocycles. The van der Waals surface area contributed by atoms with Gasteiger partial charge in [-0.2, -0.15) is 4.98 Å². The molecule has 6 nitrogen and oxygen atoms in total. The number of nitrogens with zero attached hydrogens (tertiary/aromatic N) is 4. The highest BCUT2D eigenvalue weighted by atomic mass is 35.5. The van der Waals surface area contributed by atoms with Gasteiger partial charge in [0.1, 0.15) is 10.8 Å². The Morgan fingerprint density at radius 2 is 2.33 bits per heavy atom. The van der Waals surface area contributed by atoms with Crippen LogP contribution in [0.1, 0.15) is 0 Å². The molecule has 15 heavy (non-hydrogen) atoms. The van der Waals surface area contributed by atoms with E-state index < -0.39 is 0 Å². The van der Waals surface area contributed by atoms with Crippen LogP contribution in [-0.2, 0) is 0 Å². The van der Waals surface area contributed by atoms with Gasteiger partial charge in [0, 0.05) is 12.3 Å². The van der Waals surface area contributed by atoms with E-state index in [0.717, 1.165) is 0 Å². The number of nitrogens with two attached hydrogens (primary N) is 1. The lowest BCUT2D eigenvalue weighted by atomic mass is 10.6. The predicted octanol–water partition coefficient (Wildman–Crippen LogP) is 0.906. The molecule has 78 valence electrons. The first-order valence-corrected chi connectivity index (χ1v) is 4.46. The summed E-state index contributed by atoms with van der Waals surface area (Å²) in [6.45, 7) is 0. The van der Waals surface area contributed by atoms with Crippen molar-refractivity contribution >= 4 is 17.4 Å². The lowest BCUT2D eigenvalue weighted by Crippen LogP contribution is -2.03. The van der Waals surface area contributed by atoms with Crippen molar-refractivity contribution in [1.82, 2.24) is 19.7 Å². The van der Waals surface area contributed by atoms with Gasteiger partial charge in [-0.05, 0) is 0 Å². The normalized spacial score (nSPS) is 10.3. The van der Waals surface area contributed by atoms with Gasteiger partial charge in [0.25, 0.3) is 0 Å². The number of hydrogen-bond donors (Lipinski definition) is 1. The van der Waals surface area contributed by atoms with Crippen LogP contribution in [0, 0.1) is 0 Å². The molecule has 0 aliphatic carbocycles. The van der Waals surface area contributed by atoms with Crippen LogP contribution in [-0.4, -0.2) is 26.9 Å². The van der Waals surface area contributed by atoms with Crippen LogP contribution in [0.3, 0.4) is 0 Å². The molecule has 7 heteroatoms. The second-order valence-corrected chi connectivity index (χ2v) is 3.12. The van der Waals surface area contributed by atoms with E-state index in [1.54, 1.807) is 12.3 Å². The van der Waals surface area contributed by atoms with Crippen molar-refractivity contribution in [3.8, 4) is 11.8 Å². The van der Waals surface area contributed by atoms with Crippen LogP contribution >= 0.6 is 11.6 Å². The third-order valence-corrected chi connectivity index (χ3v) is 1.98. The summed E-state index contributed by atoms with van der Waals surface area (Å²) in [5.74, 6) is 0.823. The fraction of sp³-hybridized carbons (Fsp3) is 0.125. The highest BCUT2D eigenvalue weighted by Crippen LogP contribution is 2.18. The summed E-state index contributed by atoms with van der Waals surface area (Å²) < 4.78 is 6.35. The van der Waals surface area contributed by atoms with Crippen LogP contribution < -0.4 is 10.5 Å². The average Bonchev–Trinajstić information content (AvgIpc) is 2.65. The lowest BCUT2D eigenvalue weighted by Gasteiger charge is -2.04. The lowest BCUT2D eigenvalue weighted by molar-refractivity contribution is 0.379. The molecule has 0 saturated heterocycles. The van der Waals surface area contributed by atoms with Gasteiger partial charge < -0.3 is 10.5 Å². The summed E-state index contributed by atoms with van der Waals surface area (Å²) in [6.07, 6.45) is 3.10. The Bertz CT molecular complexity index is 484. The quantitative estimate of drug-likeness (QED) is 0.822. The van der Waals surface area contributed by atoms with Crippen LogP contribution in [0.4, 0.5) is 5.82 Å². The van der Waals surface area contributed by atoms with E-state index in [2.05, 4.69) is 15.1 Å². The fourth-order valence-corrected chi connectivity index (χ4v) is 1.24. The van der Waals surface area contributed by atoms with Crippen LogP contribution in [0.15, 0.2) is 18.5 Å².